The molecule has 0 amide bonds. The minimum Gasteiger partial charge on any atom is -0.371 e. The first-order valence-corrected chi connectivity index (χ1v) is 4.89. The van der Waals surface area contributed by atoms with Crippen molar-refractivity contribution in [1.29, 1.82) is 5.26 Å². The van der Waals surface area contributed by atoms with Crippen LogP contribution in [-0.2, 0) is 12.0 Å². The molecule has 2 nitrogen and oxygen atoms in total. The van der Waals surface area contributed by atoms with Crippen molar-refractivity contribution in [3.63, 3.8) is 0 Å². The van der Waals surface area contributed by atoms with Crippen molar-refractivity contribution in [3.05, 3.63) is 34.9 Å². The average Bonchev–Trinajstić information content (AvgIpc) is 2.20. The van der Waals surface area contributed by atoms with E-state index in [1.165, 1.54) is 0 Å². The lowest BCUT2D eigenvalue weighted by atomic mass is 9.79. The van der Waals surface area contributed by atoms with Crippen LogP contribution in [0.2, 0.25) is 0 Å². The van der Waals surface area contributed by atoms with Crippen LogP contribution >= 0.6 is 0 Å². The molecule has 2 heteroatoms. The van der Waals surface area contributed by atoms with Crippen molar-refractivity contribution in [2.24, 2.45) is 0 Å². The maximum Gasteiger partial charge on any atom is 0.176 e. The molecule has 1 aliphatic carbocycles. The van der Waals surface area contributed by atoms with Crippen LogP contribution in [0.3, 0.4) is 0 Å². The minimum absolute atomic E-state index is 0.556. The molecule has 0 aliphatic heterocycles. The highest BCUT2D eigenvalue weighted by Crippen LogP contribution is 2.35. The van der Waals surface area contributed by atoms with Crippen molar-refractivity contribution >= 4 is 0 Å². The molecule has 0 saturated carbocycles. The molecule has 14 heavy (non-hydrogen) atoms. The molecule has 1 aromatic rings. The molecule has 1 aliphatic rings. The van der Waals surface area contributed by atoms with Gasteiger partial charge in [-0.15, -0.1) is 0 Å². The number of rotatable bonds is 0. The van der Waals surface area contributed by atoms with E-state index < -0.39 is 5.60 Å². The van der Waals surface area contributed by atoms with Crippen LogP contribution in [0.25, 0.3) is 0 Å². The summed E-state index contributed by atoms with van der Waals surface area (Å²) >= 11 is 0. The predicted octanol–water partition coefficient (Wildman–Crippen LogP) is 2.04. The molecule has 0 fully saturated rings. The fraction of sp³-hybridized carbons (Fsp3) is 0.417. The number of aryl methyl sites for hydroxylation is 2. The van der Waals surface area contributed by atoms with Gasteiger partial charge in [-0.25, -0.2) is 0 Å². The van der Waals surface area contributed by atoms with Gasteiger partial charge in [-0.05, 0) is 31.7 Å². The number of benzene rings is 1. The van der Waals surface area contributed by atoms with Gasteiger partial charge in [0.1, 0.15) is 6.07 Å². The summed E-state index contributed by atoms with van der Waals surface area (Å²) in [4.78, 5) is 0. The van der Waals surface area contributed by atoms with E-state index in [1.807, 2.05) is 31.2 Å². The second kappa shape index (κ2) is 3.11. The zero-order chi connectivity index (χ0) is 10.2. The van der Waals surface area contributed by atoms with Crippen molar-refractivity contribution in [2.45, 2.75) is 31.8 Å². The van der Waals surface area contributed by atoms with Crippen LogP contribution < -0.4 is 0 Å². The van der Waals surface area contributed by atoms with Gasteiger partial charge in [-0.1, -0.05) is 23.8 Å². The third-order valence-electron chi connectivity index (χ3n) is 2.88. The highest BCUT2D eigenvalue weighted by molar-refractivity contribution is 5.41. The van der Waals surface area contributed by atoms with Crippen molar-refractivity contribution in [2.75, 3.05) is 0 Å². The Kier molecular flexibility index (Phi) is 2.05. The van der Waals surface area contributed by atoms with E-state index in [0.29, 0.717) is 6.42 Å². The Bertz CT molecular complexity index is 405. The lowest BCUT2D eigenvalue weighted by Gasteiger charge is -2.28. The van der Waals surface area contributed by atoms with Crippen LogP contribution in [0.4, 0.5) is 0 Å². The van der Waals surface area contributed by atoms with Gasteiger partial charge in [0, 0.05) is 5.56 Å². The van der Waals surface area contributed by atoms with Crippen LogP contribution in [0.15, 0.2) is 18.2 Å². The number of fused-ring (bicyclic) bond motifs is 1. The monoisotopic (exact) mass is 187 g/mol. The lowest BCUT2D eigenvalue weighted by molar-refractivity contribution is 0.0781. The molecular weight excluding hydrogens is 174 g/mol. The van der Waals surface area contributed by atoms with E-state index in [4.69, 9.17) is 5.26 Å². The van der Waals surface area contributed by atoms with Gasteiger partial charge in [0.25, 0.3) is 0 Å². The molecule has 0 saturated heterocycles. The molecule has 0 radical (unpaired) electrons. The molecule has 1 N–H and O–H groups in total. The Morgan fingerprint density at radius 1 is 1.50 bits per heavy atom. The minimum atomic E-state index is -1.25. The Labute approximate surface area is 83.8 Å². The average molecular weight is 187 g/mol. The van der Waals surface area contributed by atoms with Crippen LogP contribution in [0.1, 0.15) is 29.5 Å². The van der Waals surface area contributed by atoms with Gasteiger partial charge in [0.2, 0.25) is 0 Å². The molecule has 72 valence electrons. The third kappa shape index (κ3) is 1.30. The van der Waals surface area contributed by atoms with Crippen molar-refractivity contribution in [1.82, 2.24) is 0 Å². The second-order valence-corrected chi connectivity index (χ2v) is 3.99. The van der Waals surface area contributed by atoms with E-state index in [-0.39, 0.29) is 0 Å². The van der Waals surface area contributed by atoms with E-state index in [2.05, 4.69) is 0 Å². The predicted molar refractivity (Wildman–Crippen MR) is 53.6 cm³/mol. The Hall–Kier alpha value is -1.33. The first kappa shape index (κ1) is 9.23. The van der Waals surface area contributed by atoms with Crippen molar-refractivity contribution < 1.29 is 5.11 Å². The normalized spacial score (nSPS) is 25.2. The maximum atomic E-state index is 10.1. The Morgan fingerprint density at radius 3 is 3.00 bits per heavy atom. The van der Waals surface area contributed by atoms with Gasteiger partial charge in [0.15, 0.2) is 5.60 Å². The molecule has 2 rings (SSSR count). The van der Waals surface area contributed by atoms with E-state index >= 15 is 0 Å². The SMILES string of the molecule is Cc1ccc2c(c1)C(O)(C#N)CCC2. The Balaban J connectivity index is 2.59. The first-order chi connectivity index (χ1) is 6.65. The zero-order valence-electron chi connectivity index (χ0n) is 8.25. The molecule has 1 aromatic carbocycles. The number of nitriles is 1. The smallest absolute Gasteiger partial charge is 0.176 e. The van der Waals surface area contributed by atoms with Gasteiger partial charge in [0.05, 0.1) is 0 Å². The quantitative estimate of drug-likeness (QED) is 0.632. The van der Waals surface area contributed by atoms with Gasteiger partial charge >= 0.3 is 0 Å². The number of hydrogen-bond donors (Lipinski definition) is 1. The highest BCUT2D eigenvalue weighted by Gasteiger charge is 2.34. The summed E-state index contributed by atoms with van der Waals surface area (Å²) in [5.41, 5.74) is 1.77. The molecule has 1 unspecified atom stereocenters. The fourth-order valence-corrected chi connectivity index (χ4v) is 2.08. The molecule has 0 aromatic heterocycles. The standard InChI is InChI=1S/C12H13NO/c1-9-4-5-10-3-2-6-12(14,8-13)11(10)7-9/h4-5,7,14H,2-3,6H2,1H3. The topological polar surface area (TPSA) is 44.0 Å². The number of aliphatic hydroxyl groups is 1. The van der Waals surface area contributed by atoms with Gasteiger partial charge in [-0.3, -0.25) is 0 Å². The summed E-state index contributed by atoms with van der Waals surface area (Å²) in [6.07, 6.45) is 2.42. The van der Waals surface area contributed by atoms with E-state index in [9.17, 15) is 5.11 Å². The molecule has 0 bridgehead atoms. The summed E-state index contributed by atoms with van der Waals surface area (Å²) in [6, 6.07) is 8.00. The number of nitrogens with zero attached hydrogens (tertiary/aromatic N) is 1. The number of hydrogen-bond acceptors (Lipinski definition) is 2. The largest absolute Gasteiger partial charge is 0.371 e. The van der Waals surface area contributed by atoms with Crippen LogP contribution in [-0.4, -0.2) is 5.11 Å². The summed E-state index contributed by atoms with van der Waals surface area (Å²) < 4.78 is 0. The lowest BCUT2D eigenvalue weighted by Crippen LogP contribution is -2.28. The third-order valence-corrected chi connectivity index (χ3v) is 2.88. The summed E-state index contributed by atoms with van der Waals surface area (Å²) in [6.45, 7) is 1.98. The van der Waals surface area contributed by atoms with Crippen molar-refractivity contribution in [3.8, 4) is 6.07 Å². The van der Waals surface area contributed by atoms with E-state index in [1.54, 1.807) is 0 Å². The fourth-order valence-electron chi connectivity index (χ4n) is 2.08. The molecule has 0 heterocycles. The summed E-state index contributed by atoms with van der Waals surface area (Å²) in [5, 5.41) is 19.1. The Morgan fingerprint density at radius 2 is 2.29 bits per heavy atom. The van der Waals surface area contributed by atoms with Gasteiger partial charge < -0.3 is 5.11 Å². The molecule has 1 atom stereocenters. The van der Waals surface area contributed by atoms with Crippen LogP contribution in [0, 0.1) is 18.3 Å². The molecular formula is C12H13NO. The summed E-state index contributed by atoms with van der Waals surface area (Å²) in [5.74, 6) is 0. The highest BCUT2D eigenvalue weighted by atomic mass is 16.3. The first-order valence-electron chi connectivity index (χ1n) is 4.89. The van der Waals surface area contributed by atoms with Gasteiger partial charge in [-0.2, -0.15) is 5.26 Å². The summed E-state index contributed by atoms with van der Waals surface area (Å²) in [7, 11) is 0. The second-order valence-electron chi connectivity index (χ2n) is 3.99. The van der Waals surface area contributed by atoms with E-state index in [0.717, 1.165) is 29.5 Å². The zero-order valence-corrected chi connectivity index (χ0v) is 8.25. The maximum absolute atomic E-state index is 10.1. The molecule has 0 spiro atoms. The van der Waals surface area contributed by atoms with Crippen LogP contribution in [0.5, 0.6) is 0 Å².